The van der Waals surface area contributed by atoms with E-state index in [-0.39, 0.29) is 12.4 Å². The number of carbonyl (C=O) groups excluding carboxylic acids is 2. The van der Waals surface area contributed by atoms with Crippen LogP contribution in [0.3, 0.4) is 0 Å². The molecule has 0 radical (unpaired) electrons. The van der Waals surface area contributed by atoms with E-state index in [1.54, 1.807) is 6.92 Å². The molecule has 37 heavy (non-hydrogen) atoms. The Morgan fingerprint density at radius 1 is 0.838 bits per heavy atom. The number of benzene rings is 2. The van der Waals surface area contributed by atoms with E-state index in [9.17, 15) is 9.59 Å². The van der Waals surface area contributed by atoms with E-state index in [0.717, 1.165) is 49.2 Å². The normalized spacial score (nSPS) is 10.9. The number of aliphatic hydroxyl groups is 1. The number of carbonyl (C=O) groups is 2. The van der Waals surface area contributed by atoms with Gasteiger partial charge in [0.2, 0.25) is 11.8 Å². The Balaban J connectivity index is 0. The molecule has 9 N–H and O–H groups in total. The molecule has 0 aliphatic carbocycles. The van der Waals surface area contributed by atoms with E-state index in [2.05, 4.69) is 18.8 Å². The van der Waals surface area contributed by atoms with Crippen molar-refractivity contribution in [2.75, 3.05) is 20.3 Å². The highest BCUT2D eigenvalue weighted by Gasteiger charge is 2.10. The van der Waals surface area contributed by atoms with Crippen LogP contribution in [0, 0.1) is 11.8 Å². The monoisotopic (exact) mass is 536 g/mol. The molecule has 10 heteroatoms. The fraction of sp³-hybridized carbons (Fsp3) is 0.407. The van der Waals surface area contributed by atoms with Crippen LogP contribution in [-0.2, 0) is 22.4 Å². The summed E-state index contributed by atoms with van der Waals surface area (Å²) in [6, 6.07) is 13.7. The molecule has 0 saturated carbocycles. The summed E-state index contributed by atoms with van der Waals surface area (Å²) in [4.78, 5) is 21.6. The second kappa shape index (κ2) is 21.9. The van der Waals surface area contributed by atoms with Crippen molar-refractivity contribution in [2.24, 2.45) is 22.9 Å². The van der Waals surface area contributed by atoms with Gasteiger partial charge in [0.05, 0.1) is 18.7 Å². The van der Waals surface area contributed by atoms with Crippen molar-refractivity contribution in [1.82, 2.24) is 0 Å². The molecule has 0 saturated heterocycles. The SMILES string of the molecule is CC#CCOc1ccc(C[C@H](N)C(N)=O)cc1.CCCCOc1ccc(C[C@H](N)C(N)=O)cc1.CO.Cl. The van der Waals surface area contributed by atoms with Gasteiger partial charge in [-0.15, -0.1) is 18.3 Å². The van der Waals surface area contributed by atoms with Gasteiger partial charge in [0, 0.05) is 7.11 Å². The number of halogens is 1. The molecule has 2 aromatic rings. The molecule has 0 aliphatic rings. The van der Waals surface area contributed by atoms with Crippen molar-refractivity contribution in [1.29, 1.82) is 0 Å². The molecule has 2 rings (SSSR count). The van der Waals surface area contributed by atoms with Crippen LogP contribution in [0.1, 0.15) is 37.8 Å². The molecule has 0 aromatic heterocycles. The molecule has 206 valence electrons. The predicted molar refractivity (Wildman–Crippen MR) is 149 cm³/mol. The Morgan fingerprint density at radius 2 is 1.24 bits per heavy atom. The highest BCUT2D eigenvalue weighted by Crippen LogP contribution is 2.14. The number of hydrogen-bond donors (Lipinski definition) is 5. The fourth-order valence-electron chi connectivity index (χ4n) is 2.68. The third-order valence-electron chi connectivity index (χ3n) is 4.74. The van der Waals surface area contributed by atoms with Crippen molar-refractivity contribution in [2.45, 2.75) is 51.6 Å². The van der Waals surface area contributed by atoms with Crippen molar-refractivity contribution >= 4 is 24.2 Å². The molecule has 2 amide bonds. The number of nitrogens with two attached hydrogens (primary N) is 4. The summed E-state index contributed by atoms with van der Waals surface area (Å²) in [5.41, 5.74) is 23.3. The summed E-state index contributed by atoms with van der Waals surface area (Å²) in [5.74, 6) is 6.16. The molecular weight excluding hydrogens is 496 g/mol. The molecule has 2 atom stereocenters. The van der Waals surface area contributed by atoms with E-state index < -0.39 is 23.9 Å². The summed E-state index contributed by atoms with van der Waals surface area (Å²) in [6.07, 6.45) is 3.06. The summed E-state index contributed by atoms with van der Waals surface area (Å²) < 4.78 is 10.9. The number of ether oxygens (including phenoxy) is 2. The first-order chi connectivity index (χ1) is 17.3. The highest BCUT2D eigenvalue weighted by molar-refractivity contribution is 5.85. The van der Waals surface area contributed by atoms with Gasteiger partial charge in [-0.3, -0.25) is 9.59 Å². The Labute approximate surface area is 226 Å². The van der Waals surface area contributed by atoms with E-state index >= 15 is 0 Å². The first-order valence-corrected chi connectivity index (χ1v) is 11.6. The summed E-state index contributed by atoms with van der Waals surface area (Å²) in [6.45, 7) is 4.99. The van der Waals surface area contributed by atoms with Gasteiger partial charge in [-0.25, -0.2) is 0 Å². The van der Waals surface area contributed by atoms with Crippen LogP contribution >= 0.6 is 12.4 Å². The van der Waals surface area contributed by atoms with Gasteiger partial charge in [-0.05, 0) is 61.6 Å². The lowest BCUT2D eigenvalue weighted by molar-refractivity contribution is -0.120. The quantitative estimate of drug-likeness (QED) is 0.202. The standard InChI is InChI=1S/C13H20N2O2.C13H16N2O2.CH4O.ClH/c2*1-2-3-8-17-11-6-4-10(5-7-11)9-12(14)13(15)16;1-2;/h4-7,12H,2-3,8-9,14H2,1H3,(H2,15,16);4-7,12H,8-9,14H2,1H3,(H2,15,16);2H,1H3;1H/t2*12-;;/m00../s1. The minimum atomic E-state index is -0.646. The molecule has 0 heterocycles. The third kappa shape index (κ3) is 16.9. The van der Waals surface area contributed by atoms with Crippen LogP contribution in [0.2, 0.25) is 0 Å². The average Bonchev–Trinajstić information content (AvgIpc) is 2.88. The van der Waals surface area contributed by atoms with Gasteiger partial charge in [0.25, 0.3) is 0 Å². The topological polar surface area (TPSA) is 177 Å². The van der Waals surface area contributed by atoms with Crippen LogP contribution in [0.15, 0.2) is 48.5 Å². The molecular formula is C27H41ClN4O5. The van der Waals surface area contributed by atoms with Crippen LogP contribution in [0.25, 0.3) is 0 Å². The van der Waals surface area contributed by atoms with Gasteiger partial charge in [0.1, 0.15) is 18.1 Å². The minimum absolute atomic E-state index is 0. The lowest BCUT2D eigenvalue weighted by Crippen LogP contribution is -2.38. The van der Waals surface area contributed by atoms with E-state index in [1.807, 2.05) is 48.5 Å². The Bertz CT molecular complexity index is 944. The second-order valence-corrected chi connectivity index (χ2v) is 7.63. The van der Waals surface area contributed by atoms with Crippen LogP contribution in [0.4, 0.5) is 0 Å². The second-order valence-electron chi connectivity index (χ2n) is 7.63. The first kappa shape index (κ1) is 35.9. The Kier molecular flexibility index (Phi) is 21.3. The van der Waals surface area contributed by atoms with Gasteiger partial charge >= 0.3 is 0 Å². The number of unbranched alkanes of at least 4 members (excludes halogenated alkanes) is 1. The number of primary amides is 2. The van der Waals surface area contributed by atoms with Crippen LogP contribution < -0.4 is 32.4 Å². The maximum Gasteiger partial charge on any atom is 0.234 e. The largest absolute Gasteiger partial charge is 0.494 e. The van der Waals surface area contributed by atoms with Crippen molar-refractivity contribution in [3.8, 4) is 23.3 Å². The fourth-order valence-corrected chi connectivity index (χ4v) is 2.68. The maximum absolute atomic E-state index is 10.8. The third-order valence-corrected chi connectivity index (χ3v) is 4.74. The van der Waals surface area contributed by atoms with Gasteiger partial charge in [0.15, 0.2) is 0 Å². The zero-order valence-electron chi connectivity index (χ0n) is 21.8. The lowest BCUT2D eigenvalue weighted by Gasteiger charge is -2.09. The number of aliphatic hydroxyl groups excluding tert-OH is 1. The Morgan fingerprint density at radius 3 is 1.59 bits per heavy atom. The number of rotatable bonds is 12. The molecule has 0 fully saturated rings. The van der Waals surface area contributed by atoms with Crippen LogP contribution in [0.5, 0.6) is 11.5 Å². The molecule has 0 unspecified atom stereocenters. The Hall–Kier alpha value is -3.29. The van der Waals surface area contributed by atoms with Crippen molar-refractivity contribution < 1.29 is 24.2 Å². The molecule has 0 aliphatic heterocycles. The summed E-state index contributed by atoms with van der Waals surface area (Å²) in [7, 11) is 1.00. The van der Waals surface area contributed by atoms with Gasteiger partial charge in [-0.1, -0.05) is 43.5 Å². The minimum Gasteiger partial charge on any atom is -0.494 e. The zero-order chi connectivity index (χ0) is 27.3. The van der Waals surface area contributed by atoms with E-state index in [0.29, 0.717) is 19.4 Å². The van der Waals surface area contributed by atoms with Gasteiger partial charge < -0.3 is 37.5 Å². The van der Waals surface area contributed by atoms with Crippen molar-refractivity contribution in [3.63, 3.8) is 0 Å². The van der Waals surface area contributed by atoms with Crippen molar-refractivity contribution in [3.05, 3.63) is 59.7 Å². The molecule has 2 aromatic carbocycles. The molecule has 0 bridgehead atoms. The van der Waals surface area contributed by atoms with E-state index in [1.165, 1.54) is 0 Å². The number of amides is 2. The first-order valence-electron chi connectivity index (χ1n) is 11.6. The van der Waals surface area contributed by atoms with Crippen LogP contribution in [-0.4, -0.2) is 49.3 Å². The van der Waals surface area contributed by atoms with Gasteiger partial charge in [-0.2, -0.15) is 0 Å². The lowest BCUT2D eigenvalue weighted by atomic mass is 10.1. The molecule has 0 spiro atoms. The summed E-state index contributed by atoms with van der Waals surface area (Å²) in [5, 5.41) is 7.00. The maximum atomic E-state index is 10.8. The zero-order valence-corrected chi connectivity index (χ0v) is 22.6. The predicted octanol–water partition coefficient (Wildman–Crippen LogP) is 1.69. The number of hydrogen-bond acceptors (Lipinski definition) is 7. The highest BCUT2D eigenvalue weighted by atomic mass is 35.5. The smallest absolute Gasteiger partial charge is 0.234 e. The molecule has 9 nitrogen and oxygen atoms in total. The average molecular weight is 537 g/mol. The summed E-state index contributed by atoms with van der Waals surface area (Å²) >= 11 is 0. The van der Waals surface area contributed by atoms with E-state index in [4.69, 9.17) is 37.5 Å².